The van der Waals surface area contributed by atoms with Gasteiger partial charge in [-0.2, -0.15) is 4.98 Å². The lowest BCUT2D eigenvalue weighted by Gasteiger charge is -2.16. The second-order valence-electron chi connectivity index (χ2n) is 10.0. The van der Waals surface area contributed by atoms with E-state index in [-0.39, 0.29) is 17.2 Å². The number of rotatable bonds is 6. The van der Waals surface area contributed by atoms with Gasteiger partial charge in [-0.3, -0.25) is 9.59 Å². The molecule has 1 aliphatic carbocycles. The summed E-state index contributed by atoms with van der Waals surface area (Å²) < 4.78 is 24.6. The maximum absolute atomic E-state index is 13.5. The second kappa shape index (κ2) is 8.90. The van der Waals surface area contributed by atoms with Gasteiger partial charge in [0.05, 0.1) is 5.56 Å². The number of carbonyl (C=O) groups is 2. The quantitative estimate of drug-likeness (QED) is 0.292. The first-order chi connectivity index (χ1) is 18.6. The van der Waals surface area contributed by atoms with E-state index in [9.17, 15) is 14.0 Å². The molecule has 0 spiro atoms. The van der Waals surface area contributed by atoms with Crippen molar-refractivity contribution in [2.24, 2.45) is 5.73 Å². The summed E-state index contributed by atoms with van der Waals surface area (Å²) in [6.07, 6.45) is 1.47. The van der Waals surface area contributed by atoms with Gasteiger partial charge in [-0.05, 0) is 97.5 Å². The third-order valence-corrected chi connectivity index (χ3v) is 7.34. The van der Waals surface area contributed by atoms with E-state index >= 15 is 0 Å². The lowest BCUT2D eigenvalue weighted by atomic mass is 9.92. The Balaban J connectivity index is 1.40. The summed E-state index contributed by atoms with van der Waals surface area (Å²) >= 11 is 0. The lowest BCUT2D eigenvalue weighted by molar-refractivity contribution is 0.0927. The molecule has 196 valence electrons. The van der Waals surface area contributed by atoms with Crippen molar-refractivity contribution in [2.45, 2.75) is 39.2 Å². The standard InChI is InChI=1S/C30H25FN4O4/c1-15-12-20(28(37)34-30(10-11-30)29-33-17(3)39-35-29)14-22(16(15)2)19-6-9-24-23(13-19)25(27(32)36)26(38-24)18-4-7-21(31)8-5-18/h4-9,12-14H,10-11H2,1-3H3,(H2,32,36)(H,34,37). The van der Waals surface area contributed by atoms with Crippen LogP contribution in [0, 0.1) is 26.6 Å². The van der Waals surface area contributed by atoms with Crippen molar-refractivity contribution in [3.8, 4) is 22.5 Å². The minimum atomic E-state index is -0.655. The number of primary amides is 1. The smallest absolute Gasteiger partial charge is 0.253 e. The van der Waals surface area contributed by atoms with Gasteiger partial charge in [0.25, 0.3) is 11.8 Å². The largest absolute Gasteiger partial charge is 0.455 e. The number of nitrogens with two attached hydrogens (primary N) is 1. The molecule has 6 rings (SSSR count). The van der Waals surface area contributed by atoms with Gasteiger partial charge in [-0.15, -0.1) is 0 Å². The van der Waals surface area contributed by atoms with Crippen LogP contribution in [0.5, 0.6) is 0 Å². The number of aromatic nitrogens is 2. The number of hydrogen-bond donors (Lipinski definition) is 2. The van der Waals surface area contributed by atoms with Crippen LogP contribution in [0.4, 0.5) is 4.39 Å². The maximum atomic E-state index is 13.5. The minimum Gasteiger partial charge on any atom is -0.455 e. The Morgan fingerprint density at radius 2 is 1.72 bits per heavy atom. The fourth-order valence-electron chi connectivity index (χ4n) is 4.92. The number of furan rings is 1. The van der Waals surface area contributed by atoms with Crippen molar-refractivity contribution in [3.63, 3.8) is 0 Å². The van der Waals surface area contributed by atoms with Crippen molar-refractivity contribution >= 4 is 22.8 Å². The van der Waals surface area contributed by atoms with Crippen LogP contribution in [-0.2, 0) is 5.54 Å². The van der Waals surface area contributed by atoms with Crippen LogP contribution < -0.4 is 11.1 Å². The van der Waals surface area contributed by atoms with Crippen LogP contribution in [0.3, 0.4) is 0 Å². The number of halogens is 1. The van der Waals surface area contributed by atoms with Gasteiger partial charge in [0.2, 0.25) is 5.89 Å². The molecule has 3 N–H and O–H groups in total. The van der Waals surface area contributed by atoms with Crippen LogP contribution in [0.25, 0.3) is 33.4 Å². The zero-order valence-electron chi connectivity index (χ0n) is 21.6. The summed E-state index contributed by atoms with van der Waals surface area (Å²) in [5.74, 6) is -0.0715. The Hall–Kier alpha value is -4.79. The van der Waals surface area contributed by atoms with E-state index in [1.807, 2.05) is 38.1 Å². The van der Waals surface area contributed by atoms with Crippen LogP contribution in [0.15, 0.2) is 63.5 Å². The molecule has 3 aromatic carbocycles. The Labute approximate surface area is 223 Å². The molecule has 1 saturated carbocycles. The molecule has 0 atom stereocenters. The van der Waals surface area contributed by atoms with Crippen molar-refractivity contribution in [3.05, 3.63) is 94.4 Å². The highest BCUT2D eigenvalue weighted by Crippen LogP contribution is 2.44. The number of fused-ring (bicyclic) bond motifs is 1. The molecule has 8 nitrogen and oxygen atoms in total. The normalized spacial score (nSPS) is 13.9. The van der Waals surface area contributed by atoms with Gasteiger partial charge in [-0.25, -0.2) is 4.39 Å². The SMILES string of the molecule is Cc1nc(C2(NC(=O)c3cc(C)c(C)c(-c4ccc5oc(-c6ccc(F)cc6)c(C(N)=O)c5c4)c3)CC2)no1. The van der Waals surface area contributed by atoms with E-state index < -0.39 is 17.3 Å². The summed E-state index contributed by atoms with van der Waals surface area (Å²) in [4.78, 5) is 30.2. The molecule has 0 radical (unpaired) electrons. The second-order valence-corrected chi connectivity index (χ2v) is 10.0. The zero-order chi connectivity index (χ0) is 27.5. The number of aryl methyl sites for hydroxylation is 2. The molecular formula is C30H25FN4O4. The Kier molecular flexibility index (Phi) is 5.60. The summed E-state index contributed by atoms with van der Waals surface area (Å²) in [6.45, 7) is 5.64. The molecule has 2 amide bonds. The van der Waals surface area contributed by atoms with Gasteiger partial charge in [0.1, 0.15) is 22.7 Å². The molecule has 1 fully saturated rings. The highest BCUT2D eigenvalue weighted by molar-refractivity contribution is 6.11. The van der Waals surface area contributed by atoms with E-state index in [2.05, 4.69) is 15.5 Å². The number of nitrogens with one attached hydrogen (secondary N) is 1. The number of hydrogen-bond acceptors (Lipinski definition) is 6. The van der Waals surface area contributed by atoms with Crippen LogP contribution in [0.2, 0.25) is 0 Å². The van der Waals surface area contributed by atoms with E-state index in [1.165, 1.54) is 12.1 Å². The van der Waals surface area contributed by atoms with Gasteiger partial charge < -0.3 is 20.0 Å². The molecular weight excluding hydrogens is 499 g/mol. The Bertz CT molecular complexity index is 1780. The molecule has 9 heteroatoms. The van der Waals surface area contributed by atoms with Gasteiger partial charge >= 0.3 is 0 Å². The van der Waals surface area contributed by atoms with Gasteiger partial charge in [0, 0.05) is 23.4 Å². The number of amides is 2. The highest BCUT2D eigenvalue weighted by atomic mass is 19.1. The molecule has 0 bridgehead atoms. The number of nitrogens with zero attached hydrogens (tertiary/aromatic N) is 2. The molecule has 5 aromatic rings. The van der Waals surface area contributed by atoms with E-state index in [0.29, 0.717) is 33.8 Å². The molecule has 39 heavy (non-hydrogen) atoms. The number of benzene rings is 3. The minimum absolute atomic E-state index is 0.216. The van der Waals surface area contributed by atoms with Gasteiger partial charge in [-0.1, -0.05) is 11.2 Å². The first kappa shape index (κ1) is 24.5. The lowest BCUT2D eigenvalue weighted by Crippen LogP contribution is -2.35. The fourth-order valence-corrected chi connectivity index (χ4v) is 4.92. The average molecular weight is 525 g/mol. The predicted molar refractivity (Wildman–Crippen MR) is 142 cm³/mol. The van der Waals surface area contributed by atoms with Crippen LogP contribution >= 0.6 is 0 Å². The molecule has 0 unspecified atom stereocenters. The topological polar surface area (TPSA) is 124 Å². The third kappa shape index (κ3) is 4.25. The van der Waals surface area contributed by atoms with Crippen LogP contribution in [0.1, 0.15) is 56.4 Å². The van der Waals surface area contributed by atoms with Gasteiger partial charge in [0.15, 0.2) is 5.82 Å². The van der Waals surface area contributed by atoms with Crippen molar-refractivity contribution in [2.75, 3.05) is 0 Å². The summed E-state index contributed by atoms with van der Waals surface area (Å²) in [5, 5.41) is 7.64. The first-order valence-electron chi connectivity index (χ1n) is 12.5. The average Bonchev–Trinajstić information content (AvgIpc) is 3.37. The summed E-state index contributed by atoms with van der Waals surface area (Å²) in [5.41, 5.74) is 10.4. The van der Waals surface area contributed by atoms with E-state index in [4.69, 9.17) is 14.7 Å². The summed E-state index contributed by atoms with van der Waals surface area (Å²) in [6, 6.07) is 14.8. The number of carbonyl (C=O) groups excluding carboxylic acids is 2. The van der Waals surface area contributed by atoms with Crippen LogP contribution in [-0.4, -0.2) is 22.0 Å². The summed E-state index contributed by atoms with van der Waals surface area (Å²) in [7, 11) is 0. The van der Waals surface area contributed by atoms with Crippen molar-refractivity contribution in [1.29, 1.82) is 0 Å². The third-order valence-electron chi connectivity index (χ3n) is 7.34. The molecule has 2 heterocycles. The predicted octanol–water partition coefficient (Wildman–Crippen LogP) is 5.73. The molecule has 0 aliphatic heterocycles. The maximum Gasteiger partial charge on any atom is 0.253 e. The monoisotopic (exact) mass is 524 g/mol. The fraction of sp³-hybridized carbons (Fsp3) is 0.200. The Morgan fingerprint density at radius 1 is 1.00 bits per heavy atom. The molecule has 1 aliphatic rings. The first-order valence-corrected chi connectivity index (χ1v) is 12.5. The zero-order valence-corrected chi connectivity index (χ0v) is 21.6. The Morgan fingerprint density at radius 3 is 2.36 bits per heavy atom. The van der Waals surface area contributed by atoms with E-state index in [0.717, 1.165) is 35.1 Å². The molecule has 2 aromatic heterocycles. The highest BCUT2D eigenvalue weighted by Gasteiger charge is 2.50. The molecule has 0 saturated heterocycles. The van der Waals surface area contributed by atoms with E-state index in [1.54, 1.807) is 25.1 Å². The van der Waals surface area contributed by atoms with Crippen molar-refractivity contribution in [1.82, 2.24) is 15.5 Å². The van der Waals surface area contributed by atoms with Crippen molar-refractivity contribution < 1.29 is 22.9 Å².